The third-order valence-electron chi connectivity index (χ3n) is 3.32. The van der Waals surface area contributed by atoms with Crippen molar-refractivity contribution in [2.45, 2.75) is 56.4 Å². The van der Waals surface area contributed by atoms with E-state index in [-0.39, 0.29) is 11.3 Å². The number of carbonyl (C=O) groups is 1. The predicted molar refractivity (Wildman–Crippen MR) is 61.3 cm³/mol. The van der Waals surface area contributed by atoms with Gasteiger partial charge in [-0.1, -0.05) is 19.8 Å². The Morgan fingerprint density at radius 1 is 1.53 bits per heavy atom. The van der Waals surface area contributed by atoms with Crippen LogP contribution in [-0.2, 0) is 4.79 Å². The monoisotopic (exact) mass is 228 g/mol. The molecule has 15 heavy (non-hydrogen) atoms. The largest absolute Gasteiger partial charge is 0.312 e. The lowest BCUT2D eigenvalue weighted by atomic mass is 9.99. The lowest BCUT2D eigenvalue weighted by Gasteiger charge is -2.14. The Balaban J connectivity index is 2.06. The number of nitrogens with one attached hydrogen (secondary N) is 1. The lowest BCUT2D eigenvalue weighted by Crippen LogP contribution is -2.37. The second-order valence-corrected chi connectivity index (χ2v) is 5.08. The summed E-state index contributed by atoms with van der Waals surface area (Å²) in [5.74, 6) is 0.888. The van der Waals surface area contributed by atoms with Crippen LogP contribution in [0, 0.1) is 0 Å². The zero-order valence-electron chi connectivity index (χ0n) is 9.05. The van der Waals surface area contributed by atoms with Crippen LogP contribution in [-0.4, -0.2) is 22.7 Å². The van der Waals surface area contributed by atoms with Crippen molar-refractivity contribution in [2.75, 3.05) is 0 Å². The molecule has 1 heterocycles. The molecule has 1 unspecified atom stereocenters. The molecule has 1 spiro atoms. The molecule has 2 aliphatic rings. The van der Waals surface area contributed by atoms with Crippen LogP contribution in [0.1, 0.15) is 45.4 Å². The number of amides is 1. The van der Waals surface area contributed by atoms with Crippen LogP contribution in [0.2, 0.25) is 0 Å². The van der Waals surface area contributed by atoms with Crippen LogP contribution in [0.4, 0.5) is 0 Å². The molecule has 84 valence electrons. The number of hydrogen-bond donors (Lipinski definition) is 1. The van der Waals surface area contributed by atoms with Gasteiger partial charge in [-0.15, -0.1) is 11.6 Å². The Bertz CT molecular complexity index is 295. The first kappa shape index (κ1) is 10.9. The highest BCUT2D eigenvalue weighted by atomic mass is 35.5. The molecule has 1 atom stereocenters. The minimum Gasteiger partial charge on any atom is -0.312 e. The maximum atomic E-state index is 11.8. The average Bonchev–Trinajstić information content (AvgIpc) is 2.77. The normalized spacial score (nSPS) is 25.5. The number of halogens is 1. The first-order valence-electron chi connectivity index (χ1n) is 5.70. The Hall–Kier alpha value is -0.570. The Morgan fingerprint density at radius 2 is 2.20 bits per heavy atom. The molecule has 0 saturated heterocycles. The van der Waals surface area contributed by atoms with E-state index < -0.39 is 5.54 Å². The number of rotatable bonds is 3. The van der Waals surface area contributed by atoms with Gasteiger partial charge in [-0.25, -0.2) is 0 Å². The van der Waals surface area contributed by atoms with Gasteiger partial charge in [0.25, 0.3) is 5.91 Å². The Morgan fingerprint density at radius 3 is 2.80 bits per heavy atom. The zero-order chi connectivity index (χ0) is 10.9. The number of aliphatic imine (C=N–C) groups is 1. The van der Waals surface area contributed by atoms with Gasteiger partial charge in [-0.2, -0.15) is 0 Å². The topological polar surface area (TPSA) is 41.5 Å². The molecule has 0 radical (unpaired) electrons. The minimum absolute atomic E-state index is 0.0839. The van der Waals surface area contributed by atoms with Crippen molar-refractivity contribution in [2.24, 2.45) is 4.99 Å². The van der Waals surface area contributed by atoms with Gasteiger partial charge < -0.3 is 5.32 Å². The SMILES string of the molecule is CCC(Cl)CC1=NC2(CCCC2)C(=O)N1. The van der Waals surface area contributed by atoms with Crippen molar-refractivity contribution in [3.8, 4) is 0 Å². The van der Waals surface area contributed by atoms with Crippen molar-refractivity contribution < 1.29 is 4.79 Å². The average molecular weight is 229 g/mol. The van der Waals surface area contributed by atoms with E-state index in [4.69, 9.17) is 11.6 Å². The van der Waals surface area contributed by atoms with Crippen molar-refractivity contribution in [3.63, 3.8) is 0 Å². The maximum absolute atomic E-state index is 11.8. The molecule has 1 fully saturated rings. The molecule has 4 heteroatoms. The summed E-state index contributed by atoms with van der Waals surface area (Å²) in [7, 11) is 0. The fourth-order valence-corrected chi connectivity index (χ4v) is 2.48. The van der Waals surface area contributed by atoms with Gasteiger partial charge in [0.15, 0.2) is 0 Å². The van der Waals surface area contributed by atoms with Crippen molar-refractivity contribution in [3.05, 3.63) is 0 Å². The number of nitrogens with zero attached hydrogens (tertiary/aromatic N) is 1. The summed E-state index contributed by atoms with van der Waals surface area (Å²) in [6.07, 6.45) is 5.63. The molecule has 2 rings (SSSR count). The fraction of sp³-hybridized carbons (Fsp3) is 0.818. The third-order valence-corrected chi connectivity index (χ3v) is 3.78. The van der Waals surface area contributed by atoms with Crippen molar-refractivity contribution >= 4 is 23.3 Å². The van der Waals surface area contributed by atoms with E-state index in [0.717, 1.165) is 37.9 Å². The van der Waals surface area contributed by atoms with E-state index >= 15 is 0 Å². The molecule has 3 nitrogen and oxygen atoms in total. The van der Waals surface area contributed by atoms with Crippen LogP contribution in [0.25, 0.3) is 0 Å². The zero-order valence-corrected chi connectivity index (χ0v) is 9.81. The first-order chi connectivity index (χ1) is 7.16. The molecule has 0 bridgehead atoms. The van der Waals surface area contributed by atoms with Gasteiger partial charge in [-0.05, 0) is 19.3 Å². The molecule has 1 saturated carbocycles. The summed E-state index contributed by atoms with van der Waals surface area (Å²) < 4.78 is 0. The van der Waals surface area contributed by atoms with Gasteiger partial charge >= 0.3 is 0 Å². The minimum atomic E-state index is -0.417. The van der Waals surface area contributed by atoms with Gasteiger partial charge in [0, 0.05) is 11.8 Å². The highest BCUT2D eigenvalue weighted by molar-refractivity contribution is 6.22. The van der Waals surface area contributed by atoms with E-state index in [9.17, 15) is 4.79 Å². The number of amidine groups is 1. The maximum Gasteiger partial charge on any atom is 0.253 e. The van der Waals surface area contributed by atoms with Crippen LogP contribution in [0.5, 0.6) is 0 Å². The molecule has 1 amide bonds. The Labute approximate surface area is 95.3 Å². The standard InChI is InChI=1S/C11H17ClN2O/c1-2-8(12)7-9-13-10(15)11(14-9)5-3-4-6-11/h8H,2-7H2,1H3,(H,13,14,15). The summed E-state index contributed by atoms with van der Waals surface area (Å²) in [5.41, 5.74) is -0.417. The van der Waals surface area contributed by atoms with Gasteiger partial charge in [0.1, 0.15) is 11.4 Å². The Kier molecular flexibility index (Phi) is 3.01. The van der Waals surface area contributed by atoms with E-state index in [1.165, 1.54) is 0 Å². The number of hydrogen-bond acceptors (Lipinski definition) is 2. The first-order valence-corrected chi connectivity index (χ1v) is 6.14. The van der Waals surface area contributed by atoms with Crippen LogP contribution < -0.4 is 5.32 Å². The molecule has 1 N–H and O–H groups in total. The molecular weight excluding hydrogens is 212 g/mol. The van der Waals surface area contributed by atoms with E-state index in [1.807, 2.05) is 6.92 Å². The molecule has 0 aromatic carbocycles. The fourth-order valence-electron chi connectivity index (χ4n) is 2.33. The summed E-state index contributed by atoms with van der Waals surface area (Å²) in [4.78, 5) is 16.4. The summed E-state index contributed by atoms with van der Waals surface area (Å²) >= 11 is 6.06. The third kappa shape index (κ3) is 2.03. The molecule has 1 aliphatic heterocycles. The van der Waals surface area contributed by atoms with Gasteiger partial charge in [0.2, 0.25) is 0 Å². The predicted octanol–water partition coefficient (Wildman–Crippen LogP) is 2.23. The van der Waals surface area contributed by atoms with Crippen LogP contribution in [0.3, 0.4) is 0 Å². The second-order valence-electron chi connectivity index (χ2n) is 4.46. The van der Waals surface area contributed by atoms with Crippen molar-refractivity contribution in [1.82, 2.24) is 5.32 Å². The van der Waals surface area contributed by atoms with Crippen molar-refractivity contribution in [1.29, 1.82) is 0 Å². The second kappa shape index (κ2) is 4.12. The molecule has 0 aromatic heterocycles. The molecule has 1 aliphatic carbocycles. The van der Waals surface area contributed by atoms with Crippen LogP contribution >= 0.6 is 11.6 Å². The van der Waals surface area contributed by atoms with E-state index in [1.54, 1.807) is 0 Å². The van der Waals surface area contributed by atoms with E-state index in [2.05, 4.69) is 10.3 Å². The number of carbonyl (C=O) groups excluding carboxylic acids is 1. The highest BCUT2D eigenvalue weighted by Crippen LogP contribution is 2.36. The van der Waals surface area contributed by atoms with Gasteiger partial charge in [0.05, 0.1) is 0 Å². The quantitative estimate of drug-likeness (QED) is 0.740. The van der Waals surface area contributed by atoms with Crippen LogP contribution in [0.15, 0.2) is 4.99 Å². The smallest absolute Gasteiger partial charge is 0.253 e. The number of alkyl halides is 1. The molecule has 0 aromatic rings. The lowest BCUT2D eigenvalue weighted by molar-refractivity contribution is -0.123. The molecular formula is C11H17ClN2O. The highest BCUT2D eigenvalue weighted by Gasteiger charge is 2.45. The van der Waals surface area contributed by atoms with E-state index in [0.29, 0.717) is 6.42 Å². The summed E-state index contributed by atoms with van der Waals surface area (Å²) in [5, 5.41) is 2.96. The summed E-state index contributed by atoms with van der Waals surface area (Å²) in [6.45, 7) is 2.04. The van der Waals surface area contributed by atoms with Gasteiger partial charge in [-0.3, -0.25) is 9.79 Å². The summed E-state index contributed by atoms with van der Waals surface area (Å²) in [6, 6.07) is 0.